The van der Waals surface area contributed by atoms with E-state index < -0.39 is 5.97 Å². The maximum atomic E-state index is 12.7. The molecule has 0 atom stereocenters. The number of fused-ring (bicyclic) bond motifs is 1. The smallest absolute Gasteiger partial charge is 0.356 e. The van der Waals surface area contributed by atoms with Crippen LogP contribution >= 0.6 is 11.6 Å². The molecule has 2 aromatic heterocycles. The number of halogens is 1. The van der Waals surface area contributed by atoms with E-state index >= 15 is 0 Å². The van der Waals surface area contributed by atoms with E-state index in [1.807, 2.05) is 13.0 Å². The number of nitrogens with zero attached hydrogens (tertiary/aromatic N) is 2. The molecule has 2 heterocycles. The van der Waals surface area contributed by atoms with Crippen molar-refractivity contribution in [1.82, 2.24) is 14.6 Å². The predicted octanol–water partition coefficient (Wildman–Crippen LogP) is 3.62. The van der Waals surface area contributed by atoms with Crippen molar-refractivity contribution in [2.75, 3.05) is 0 Å². The van der Waals surface area contributed by atoms with Crippen molar-refractivity contribution >= 4 is 23.1 Å². The summed E-state index contributed by atoms with van der Waals surface area (Å²) >= 11 is 6.06. The van der Waals surface area contributed by atoms with Crippen LogP contribution in [0.25, 0.3) is 16.8 Å². The van der Waals surface area contributed by atoms with Gasteiger partial charge >= 0.3 is 5.97 Å². The molecule has 0 amide bonds. The second-order valence-corrected chi connectivity index (χ2v) is 6.86. The van der Waals surface area contributed by atoms with Crippen LogP contribution in [-0.4, -0.2) is 25.7 Å². The molecule has 1 aromatic carbocycles. The zero-order valence-corrected chi connectivity index (χ0v) is 14.3. The monoisotopic (exact) mass is 357 g/mol. The van der Waals surface area contributed by atoms with Gasteiger partial charge in [-0.05, 0) is 48.9 Å². The highest BCUT2D eigenvalue weighted by molar-refractivity contribution is 6.31. The topological polar surface area (TPSA) is 87.5 Å². The van der Waals surface area contributed by atoms with Crippen molar-refractivity contribution in [2.24, 2.45) is 0 Å². The van der Waals surface area contributed by atoms with Crippen LogP contribution in [0.4, 0.5) is 0 Å². The molecule has 6 nitrogen and oxygen atoms in total. The molecule has 3 aromatic rings. The Labute approximate surface area is 148 Å². The Morgan fingerprint density at radius 3 is 2.76 bits per heavy atom. The first kappa shape index (κ1) is 15.9. The van der Waals surface area contributed by atoms with Gasteiger partial charge in [0.05, 0.1) is 11.9 Å². The molecule has 0 aliphatic heterocycles. The molecule has 25 heavy (non-hydrogen) atoms. The Hall–Kier alpha value is -2.60. The summed E-state index contributed by atoms with van der Waals surface area (Å²) in [5.41, 5.74) is 2.78. The molecular weight excluding hydrogens is 342 g/mol. The summed E-state index contributed by atoms with van der Waals surface area (Å²) in [6, 6.07) is 5.44. The number of aryl methyl sites for hydroxylation is 1. The van der Waals surface area contributed by atoms with E-state index in [0.717, 1.165) is 30.4 Å². The standard InChI is InChI=1S/C18H16ClN3O3/c1-9-7-11(5-6-12(9)19)13-8-22-16(17(23)20-13)14(10-3-2-4-10)15(21-22)18(24)25/h5-8,10H,2-4H2,1H3,(H,20,23)(H,24,25). The minimum absolute atomic E-state index is 0.0281. The number of nitrogens with one attached hydrogen (secondary N) is 1. The lowest BCUT2D eigenvalue weighted by Gasteiger charge is -2.24. The molecule has 4 rings (SSSR count). The lowest BCUT2D eigenvalue weighted by atomic mass is 9.79. The Bertz CT molecular complexity index is 1060. The maximum Gasteiger partial charge on any atom is 0.356 e. The highest BCUT2D eigenvalue weighted by Crippen LogP contribution is 2.39. The van der Waals surface area contributed by atoms with E-state index in [0.29, 0.717) is 21.8 Å². The molecule has 0 saturated heterocycles. The number of hydrogen-bond acceptors (Lipinski definition) is 3. The first-order valence-electron chi connectivity index (χ1n) is 8.11. The molecule has 1 saturated carbocycles. The zero-order valence-electron chi connectivity index (χ0n) is 13.5. The molecule has 128 valence electrons. The molecule has 1 aliphatic rings. The zero-order chi connectivity index (χ0) is 17.7. The van der Waals surface area contributed by atoms with Crippen LogP contribution in [0.5, 0.6) is 0 Å². The third-order valence-corrected chi connectivity index (χ3v) is 5.27. The van der Waals surface area contributed by atoms with Gasteiger partial charge in [0.15, 0.2) is 5.69 Å². The minimum atomic E-state index is -1.10. The van der Waals surface area contributed by atoms with Gasteiger partial charge in [0.1, 0.15) is 5.52 Å². The maximum absolute atomic E-state index is 12.7. The van der Waals surface area contributed by atoms with Gasteiger partial charge in [-0.3, -0.25) is 4.79 Å². The van der Waals surface area contributed by atoms with Crippen LogP contribution in [0.1, 0.15) is 46.8 Å². The summed E-state index contributed by atoms with van der Waals surface area (Å²) in [7, 11) is 0. The van der Waals surface area contributed by atoms with Gasteiger partial charge in [-0.2, -0.15) is 5.10 Å². The molecular formula is C18H16ClN3O3. The summed E-state index contributed by atoms with van der Waals surface area (Å²) in [4.78, 5) is 27.1. The Kier molecular flexibility index (Phi) is 3.65. The molecule has 0 spiro atoms. The normalized spacial score (nSPS) is 14.6. The fraction of sp³-hybridized carbons (Fsp3) is 0.278. The lowest BCUT2D eigenvalue weighted by molar-refractivity contribution is 0.0687. The van der Waals surface area contributed by atoms with Gasteiger partial charge in [-0.15, -0.1) is 0 Å². The Morgan fingerprint density at radius 2 is 2.16 bits per heavy atom. The highest BCUT2D eigenvalue weighted by Gasteiger charge is 2.31. The van der Waals surface area contributed by atoms with Gasteiger partial charge in [-0.1, -0.05) is 24.1 Å². The molecule has 0 radical (unpaired) electrons. The van der Waals surface area contributed by atoms with Crippen molar-refractivity contribution < 1.29 is 9.90 Å². The number of H-pyrrole nitrogens is 1. The van der Waals surface area contributed by atoms with Gasteiger partial charge < -0.3 is 10.1 Å². The van der Waals surface area contributed by atoms with E-state index in [1.54, 1.807) is 18.3 Å². The number of carboxylic acids is 1. The Balaban J connectivity index is 1.94. The predicted molar refractivity (Wildman–Crippen MR) is 94.5 cm³/mol. The third kappa shape index (κ3) is 2.53. The fourth-order valence-electron chi connectivity index (χ4n) is 3.30. The summed E-state index contributed by atoms with van der Waals surface area (Å²) in [6.07, 6.45) is 4.48. The number of benzene rings is 1. The fourth-order valence-corrected chi connectivity index (χ4v) is 3.42. The van der Waals surface area contributed by atoms with Gasteiger partial charge in [0.2, 0.25) is 0 Å². The molecule has 1 aliphatic carbocycles. The summed E-state index contributed by atoms with van der Waals surface area (Å²) in [6.45, 7) is 1.88. The lowest BCUT2D eigenvalue weighted by Crippen LogP contribution is -2.17. The number of aromatic amines is 1. The van der Waals surface area contributed by atoms with Gasteiger partial charge in [0.25, 0.3) is 5.56 Å². The number of carbonyl (C=O) groups is 1. The van der Waals surface area contributed by atoms with Crippen molar-refractivity contribution in [1.29, 1.82) is 0 Å². The number of rotatable bonds is 3. The van der Waals surface area contributed by atoms with Gasteiger partial charge in [0, 0.05) is 10.6 Å². The van der Waals surface area contributed by atoms with E-state index in [-0.39, 0.29) is 17.2 Å². The second-order valence-electron chi connectivity index (χ2n) is 6.45. The summed E-state index contributed by atoms with van der Waals surface area (Å²) in [5.74, 6) is -1.01. The van der Waals surface area contributed by atoms with Crippen molar-refractivity contribution in [3.8, 4) is 11.3 Å². The SMILES string of the molecule is Cc1cc(-c2cn3nc(C(=O)O)c(C4CCC4)c3c(=O)[nH]2)ccc1Cl. The molecule has 2 N–H and O–H groups in total. The number of aromatic nitrogens is 3. The van der Waals surface area contributed by atoms with Gasteiger partial charge in [-0.25, -0.2) is 9.31 Å². The molecule has 1 fully saturated rings. The van der Waals surface area contributed by atoms with Crippen LogP contribution in [0.2, 0.25) is 5.02 Å². The minimum Gasteiger partial charge on any atom is -0.476 e. The first-order chi connectivity index (χ1) is 12.0. The largest absolute Gasteiger partial charge is 0.476 e. The van der Waals surface area contributed by atoms with E-state index in [1.165, 1.54) is 4.52 Å². The van der Waals surface area contributed by atoms with Crippen LogP contribution in [-0.2, 0) is 0 Å². The van der Waals surface area contributed by atoms with E-state index in [9.17, 15) is 14.7 Å². The number of hydrogen-bond donors (Lipinski definition) is 2. The highest BCUT2D eigenvalue weighted by atomic mass is 35.5. The number of aromatic carboxylic acids is 1. The van der Waals surface area contributed by atoms with Crippen molar-refractivity contribution in [3.63, 3.8) is 0 Å². The number of carboxylic acid groups (broad SMARTS) is 1. The van der Waals surface area contributed by atoms with Crippen molar-refractivity contribution in [2.45, 2.75) is 32.1 Å². The van der Waals surface area contributed by atoms with Crippen LogP contribution in [0.3, 0.4) is 0 Å². The van der Waals surface area contributed by atoms with Crippen LogP contribution in [0, 0.1) is 6.92 Å². The van der Waals surface area contributed by atoms with Crippen LogP contribution < -0.4 is 5.56 Å². The Morgan fingerprint density at radius 1 is 1.40 bits per heavy atom. The molecule has 7 heteroatoms. The molecule has 0 bridgehead atoms. The third-order valence-electron chi connectivity index (χ3n) is 4.85. The average molecular weight is 358 g/mol. The van der Waals surface area contributed by atoms with E-state index in [2.05, 4.69) is 10.1 Å². The molecule has 0 unspecified atom stereocenters. The summed E-state index contributed by atoms with van der Waals surface area (Å²) in [5, 5.41) is 14.3. The summed E-state index contributed by atoms with van der Waals surface area (Å²) < 4.78 is 1.40. The van der Waals surface area contributed by atoms with Crippen LogP contribution in [0.15, 0.2) is 29.2 Å². The quantitative estimate of drug-likeness (QED) is 0.749. The van der Waals surface area contributed by atoms with E-state index in [4.69, 9.17) is 11.6 Å². The van der Waals surface area contributed by atoms with Crippen molar-refractivity contribution in [3.05, 3.63) is 56.6 Å². The first-order valence-corrected chi connectivity index (χ1v) is 8.49. The average Bonchev–Trinajstić information content (AvgIpc) is 2.88. The second kappa shape index (κ2) is 5.74.